The third kappa shape index (κ3) is 2.55. The molecule has 2 aromatic heterocycles. The van der Waals surface area contributed by atoms with Gasteiger partial charge in [-0.25, -0.2) is 14.4 Å². The lowest BCUT2D eigenvalue weighted by molar-refractivity contribution is -0.149. The normalized spacial score (nSPS) is 19.6. The number of halogens is 1. The molecule has 0 aromatic carbocycles. The maximum atomic E-state index is 14.4. The zero-order chi connectivity index (χ0) is 15.9. The Labute approximate surface area is 138 Å². The zero-order valence-corrected chi connectivity index (χ0v) is 13.6. The van der Waals surface area contributed by atoms with Crippen molar-refractivity contribution >= 4 is 17.2 Å². The molecular formula is C17H18FN3OS. The average Bonchev–Trinajstić information content (AvgIpc) is 2.98. The number of alkyl halides is 1. The first kappa shape index (κ1) is 14.8. The first-order valence-corrected chi connectivity index (χ1v) is 8.95. The summed E-state index contributed by atoms with van der Waals surface area (Å²) in [6.45, 7) is 1.08. The van der Waals surface area contributed by atoms with E-state index in [0.717, 1.165) is 28.9 Å². The smallest absolute Gasteiger partial charge is 0.260 e. The van der Waals surface area contributed by atoms with Gasteiger partial charge in [-0.3, -0.25) is 4.79 Å². The molecule has 6 heteroatoms. The van der Waals surface area contributed by atoms with Crippen molar-refractivity contribution in [2.75, 3.05) is 13.1 Å². The number of carbonyl (C=O) groups is 1. The van der Waals surface area contributed by atoms with Gasteiger partial charge in [0.05, 0.1) is 5.69 Å². The van der Waals surface area contributed by atoms with Crippen LogP contribution in [0.15, 0.2) is 23.2 Å². The van der Waals surface area contributed by atoms with Crippen LogP contribution >= 0.6 is 11.3 Å². The van der Waals surface area contributed by atoms with E-state index in [4.69, 9.17) is 0 Å². The summed E-state index contributed by atoms with van der Waals surface area (Å²) in [5.41, 5.74) is 2.51. The van der Waals surface area contributed by atoms with Crippen LogP contribution in [0.1, 0.15) is 30.5 Å². The van der Waals surface area contributed by atoms with Crippen LogP contribution < -0.4 is 0 Å². The standard InChI is InChI=1S/C17H18FN3OS/c18-17(5-1-6-17)16(22)21-7-2-13-14(3-8-21)19-11-20-15(13)12-4-9-23-10-12/h4,9-11H,1-3,5-8H2. The van der Waals surface area contributed by atoms with E-state index in [2.05, 4.69) is 15.3 Å². The fourth-order valence-corrected chi connectivity index (χ4v) is 4.00. The lowest BCUT2D eigenvalue weighted by Gasteiger charge is -2.36. The predicted molar refractivity (Wildman–Crippen MR) is 87.0 cm³/mol. The van der Waals surface area contributed by atoms with E-state index >= 15 is 0 Å². The van der Waals surface area contributed by atoms with E-state index in [9.17, 15) is 9.18 Å². The molecule has 1 saturated carbocycles. The number of carbonyl (C=O) groups excluding carboxylic acids is 1. The molecule has 1 aliphatic carbocycles. The van der Waals surface area contributed by atoms with E-state index in [0.29, 0.717) is 38.8 Å². The summed E-state index contributed by atoms with van der Waals surface area (Å²) < 4.78 is 14.4. The lowest BCUT2D eigenvalue weighted by atomic mass is 9.81. The number of hydrogen-bond donors (Lipinski definition) is 0. The third-order valence-corrected chi connectivity index (χ3v) is 5.58. The number of hydrogen-bond acceptors (Lipinski definition) is 4. The minimum Gasteiger partial charge on any atom is -0.339 e. The van der Waals surface area contributed by atoms with Crippen molar-refractivity contribution in [3.63, 3.8) is 0 Å². The molecule has 0 spiro atoms. The summed E-state index contributed by atoms with van der Waals surface area (Å²) in [6, 6.07) is 2.05. The topological polar surface area (TPSA) is 46.1 Å². The molecule has 0 N–H and O–H groups in total. The molecule has 0 unspecified atom stereocenters. The second kappa shape index (κ2) is 5.67. The van der Waals surface area contributed by atoms with Crippen molar-refractivity contribution < 1.29 is 9.18 Å². The number of nitrogens with zero attached hydrogens (tertiary/aromatic N) is 3. The Morgan fingerprint density at radius 1 is 1.26 bits per heavy atom. The number of thiophene rings is 1. The second-order valence-electron chi connectivity index (χ2n) is 6.27. The minimum atomic E-state index is -1.61. The van der Waals surface area contributed by atoms with Crippen molar-refractivity contribution in [1.82, 2.24) is 14.9 Å². The third-order valence-electron chi connectivity index (χ3n) is 4.90. The van der Waals surface area contributed by atoms with Gasteiger partial charge in [0.1, 0.15) is 6.33 Å². The fourth-order valence-electron chi connectivity index (χ4n) is 3.36. The number of aromatic nitrogens is 2. The maximum absolute atomic E-state index is 14.4. The van der Waals surface area contributed by atoms with E-state index in [1.165, 1.54) is 0 Å². The van der Waals surface area contributed by atoms with Gasteiger partial charge in [0.2, 0.25) is 0 Å². The van der Waals surface area contributed by atoms with Crippen molar-refractivity contribution in [1.29, 1.82) is 0 Å². The quantitative estimate of drug-likeness (QED) is 0.850. The summed E-state index contributed by atoms with van der Waals surface area (Å²) >= 11 is 1.64. The number of rotatable bonds is 2. The lowest BCUT2D eigenvalue weighted by Crippen LogP contribution is -2.51. The van der Waals surface area contributed by atoms with Crippen molar-refractivity contribution in [2.24, 2.45) is 0 Å². The Hall–Kier alpha value is -1.82. The van der Waals surface area contributed by atoms with E-state index in [-0.39, 0.29) is 5.91 Å². The summed E-state index contributed by atoms with van der Waals surface area (Å²) in [6.07, 6.45) is 4.49. The molecule has 0 bridgehead atoms. The van der Waals surface area contributed by atoms with E-state index < -0.39 is 5.67 Å². The highest BCUT2D eigenvalue weighted by Crippen LogP contribution is 2.38. The first-order chi connectivity index (χ1) is 11.2. The van der Waals surface area contributed by atoms with Crippen LogP contribution in [0.25, 0.3) is 11.3 Å². The molecule has 0 radical (unpaired) electrons. The number of fused-ring (bicyclic) bond motifs is 1. The molecule has 0 atom stereocenters. The Bertz CT molecular complexity index is 727. The average molecular weight is 331 g/mol. The SMILES string of the molecule is O=C(N1CCc2ncnc(-c3ccsc3)c2CC1)C1(F)CCC1. The van der Waals surface area contributed by atoms with Gasteiger partial charge in [-0.2, -0.15) is 11.3 Å². The first-order valence-electron chi connectivity index (χ1n) is 8.01. The summed E-state index contributed by atoms with van der Waals surface area (Å²) in [7, 11) is 0. The van der Waals surface area contributed by atoms with Crippen LogP contribution in [0, 0.1) is 0 Å². The van der Waals surface area contributed by atoms with Crippen LogP contribution in [0.2, 0.25) is 0 Å². The van der Waals surface area contributed by atoms with Crippen LogP contribution in [0.5, 0.6) is 0 Å². The molecule has 1 aliphatic heterocycles. The maximum Gasteiger partial charge on any atom is 0.260 e. The monoisotopic (exact) mass is 331 g/mol. The van der Waals surface area contributed by atoms with E-state index in [1.807, 2.05) is 11.4 Å². The highest BCUT2D eigenvalue weighted by Gasteiger charge is 2.47. The second-order valence-corrected chi connectivity index (χ2v) is 7.05. The van der Waals surface area contributed by atoms with Gasteiger partial charge in [0.15, 0.2) is 5.67 Å². The van der Waals surface area contributed by atoms with Gasteiger partial charge in [-0.1, -0.05) is 0 Å². The van der Waals surface area contributed by atoms with Gasteiger partial charge in [-0.15, -0.1) is 0 Å². The Morgan fingerprint density at radius 3 is 2.78 bits per heavy atom. The van der Waals surface area contributed by atoms with E-state index in [1.54, 1.807) is 22.6 Å². The van der Waals surface area contributed by atoms with Crippen LogP contribution in [0.3, 0.4) is 0 Å². The fraction of sp³-hybridized carbons (Fsp3) is 0.471. The highest BCUT2D eigenvalue weighted by molar-refractivity contribution is 7.08. The molecular weight excluding hydrogens is 313 g/mol. The Morgan fingerprint density at radius 2 is 2.09 bits per heavy atom. The van der Waals surface area contributed by atoms with Gasteiger partial charge in [0, 0.05) is 41.7 Å². The molecule has 2 aromatic rings. The van der Waals surface area contributed by atoms with Crippen molar-refractivity contribution in [3.05, 3.63) is 34.4 Å². The molecule has 4 rings (SSSR count). The molecule has 1 fully saturated rings. The molecule has 23 heavy (non-hydrogen) atoms. The van der Waals surface area contributed by atoms with Gasteiger partial charge in [0.25, 0.3) is 5.91 Å². The number of amides is 1. The van der Waals surface area contributed by atoms with Crippen LogP contribution in [-0.4, -0.2) is 39.5 Å². The highest BCUT2D eigenvalue weighted by atomic mass is 32.1. The zero-order valence-electron chi connectivity index (χ0n) is 12.8. The molecule has 1 amide bonds. The van der Waals surface area contributed by atoms with Crippen molar-refractivity contribution in [2.45, 2.75) is 37.8 Å². The summed E-state index contributed by atoms with van der Waals surface area (Å²) in [5.74, 6) is -0.332. The van der Waals surface area contributed by atoms with Gasteiger partial charge in [-0.05, 0) is 37.1 Å². The molecule has 2 aliphatic rings. The minimum absolute atomic E-state index is 0.332. The molecule has 3 heterocycles. The summed E-state index contributed by atoms with van der Waals surface area (Å²) in [5, 5.41) is 4.10. The molecule has 120 valence electrons. The Kier molecular flexibility index (Phi) is 3.64. The van der Waals surface area contributed by atoms with Crippen LogP contribution in [0.4, 0.5) is 4.39 Å². The van der Waals surface area contributed by atoms with Crippen molar-refractivity contribution in [3.8, 4) is 11.3 Å². The largest absolute Gasteiger partial charge is 0.339 e. The van der Waals surface area contributed by atoms with Gasteiger partial charge >= 0.3 is 0 Å². The Balaban J connectivity index is 1.59. The molecule has 4 nitrogen and oxygen atoms in total. The molecule has 0 saturated heterocycles. The summed E-state index contributed by atoms with van der Waals surface area (Å²) in [4.78, 5) is 23.0. The van der Waals surface area contributed by atoms with Crippen LogP contribution in [-0.2, 0) is 17.6 Å². The predicted octanol–water partition coefficient (Wildman–Crippen LogP) is 3.02. The van der Waals surface area contributed by atoms with Gasteiger partial charge < -0.3 is 4.90 Å².